The van der Waals surface area contributed by atoms with E-state index in [1.807, 2.05) is 29.6 Å². The first-order valence-corrected chi connectivity index (χ1v) is 8.78. The molecule has 3 aromatic heterocycles. The van der Waals surface area contributed by atoms with Gasteiger partial charge >= 0.3 is 0 Å². The molecule has 0 bridgehead atoms. The topological polar surface area (TPSA) is 68.5 Å². The molecule has 0 unspecified atom stereocenters. The van der Waals surface area contributed by atoms with E-state index in [2.05, 4.69) is 9.97 Å². The van der Waals surface area contributed by atoms with Gasteiger partial charge in [0.05, 0.1) is 31.5 Å². The fourth-order valence-corrected chi connectivity index (χ4v) is 3.17. The van der Waals surface area contributed by atoms with Gasteiger partial charge in [-0.1, -0.05) is 0 Å². The second-order valence-corrected chi connectivity index (χ2v) is 6.31. The van der Waals surface area contributed by atoms with Crippen molar-refractivity contribution in [2.75, 3.05) is 20.3 Å². The van der Waals surface area contributed by atoms with E-state index in [1.165, 1.54) is 11.3 Å². The lowest BCUT2D eigenvalue weighted by atomic mass is 10.2. The molecule has 0 aliphatic rings. The van der Waals surface area contributed by atoms with Crippen molar-refractivity contribution in [3.63, 3.8) is 0 Å². The summed E-state index contributed by atoms with van der Waals surface area (Å²) in [5, 5.41) is 2.78. The number of carbonyl (C=O) groups excluding carboxylic acids is 1. The molecular weight excluding hydrogens is 338 g/mol. The highest BCUT2D eigenvalue weighted by Crippen LogP contribution is 2.23. The number of furan rings is 1. The number of amides is 1. The smallest absolute Gasteiger partial charge is 0.229 e. The molecule has 0 atom stereocenters. The van der Waals surface area contributed by atoms with E-state index in [0.717, 1.165) is 22.0 Å². The number of aromatic nitrogens is 2. The summed E-state index contributed by atoms with van der Waals surface area (Å²) >= 11 is 1.51. The monoisotopic (exact) mass is 357 g/mol. The molecule has 0 fully saturated rings. The second kappa shape index (κ2) is 8.55. The molecule has 3 aromatic rings. The summed E-state index contributed by atoms with van der Waals surface area (Å²) in [5.74, 6) is 0.746. The van der Waals surface area contributed by atoms with Gasteiger partial charge in [0.1, 0.15) is 10.8 Å². The summed E-state index contributed by atoms with van der Waals surface area (Å²) in [6.07, 6.45) is 5.35. The van der Waals surface area contributed by atoms with Gasteiger partial charge < -0.3 is 14.1 Å². The van der Waals surface area contributed by atoms with Crippen LogP contribution >= 0.6 is 11.3 Å². The van der Waals surface area contributed by atoms with Crippen LogP contribution in [0, 0.1) is 0 Å². The van der Waals surface area contributed by atoms with Gasteiger partial charge in [-0.3, -0.25) is 9.78 Å². The minimum Gasteiger partial charge on any atom is -0.467 e. The van der Waals surface area contributed by atoms with Crippen LogP contribution in [0.25, 0.3) is 10.6 Å². The van der Waals surface area contributed by atoms with Crippen LogP contribution in [0.3, 0.4) is 0 Å². The molecule has 1 amide bonds. The van der Waals surface area contributed by atoms with Crippen LogP contribution in [0.15, 0.2) is 52.7 Å². The third-order valence-corrected chi connectivity index (χ3v) is 4.58. The Morgan fingerprint density at radius 2 is 2.28 bits per heavy atom. The highest BCUT2D eigenvalue weighted by atomic mass is 32.1. The molecule has 130 valence electrons. The van der Waals surface area contributed by atoms with Crippen molar-refractivity contribution < 1.29 is 13.9 Å². The first-order valence-electron chi connectivity index (χ1n) is 7.90. The van der Waals surface area contributed by atoms with Gasteiger partial charge in [0, 0.05) is 37.0 Å². The first kappa shape index (κ1) is 17.3. The predicted octanol–water partition coefficient (Wildman–Crippen LogP) is 3.02. The lowest BCUT2D eigenvalue weighted by Gasteiger charge is -2.21. The molecule has 25 heavy (non-hydrogen) atoms. The van der Waals surface area contributed by atoms with Gasteiger partial charge in [0.15, 0.2) is 0 Å². The Balaban J connectivity index is 1.67. The highest BCUT2D eigenvalue weighted by molar-refractivity contribution is 7.13. The maximum atomic E-state index is 12.7. The molecule has 0 aliphatic carbocycles. The lowest BCUT2D eigenvalue weighted by molar-refractivity contribution is -0.132. The molecule has 3 heterocycles. The zero-order valence-electron chi connectivity index (χ0n) is 13.9. The maximum Gasteiger partial charge on any atom is 0.229 e. The number of carbonyl (C=O) groups is 1. The van der Waals surface area contributed by atoms with Crippen molar-refractivity contribution in [3.8, 4) is 10.6 Å². The van der Waals surface area contributed by atoms with Crippen molar-refractivity contribution in [1.29, 1.82) is 0 Å². The summed E-state index contributed by atoms with van der Waals surface area (Å²) in [7, 11) is 1.62. The van der Waals surface area contributed by atoms with Crippen molar-refractivity contribution >= 4 is 17.2 Å². The van der Waals surface area contributed by atoms with E-state index in [9.17, 15) is 4.79 Å². The number of ether oxygens (including phenoxy) is 1. The van der Waals surface area contributed by atoms with Crippen LogP contribution in [-0.2, 0) is 22.5 Å². The highest BCUT2D eigenvalue weighted by Gasteiger charge is 2.17. The molecule has 3 rings (SSSR count). The molecule has 6 nitrogen and oxygen atoms in total. The van der Waals surface area contributed by atoms with E-state index < -0.39 is 0 Å². The van der Waals surface area contributed by atoms with E-state index >= 15 is 0 Å². The number of thiazole rings is 1. The van der Waals surface area contributed by atoms with Gasteiger partial charge in [-0.15, -0.1) is 11.3 Å². The summed E-state index contributed by atoms with van der Waals surface area (Å²) in [6, 6.07) is 7.50. The third-order valence-electron chi connectivity index (χ3n) is 3.64. The zero-order chi connectivity index (χ0) is 17.5. The second-order valence-electron chi connectivity index (χ2n) is 5.45. The van der Waals surface area contributed by atoms with Crippen molar-refractivity contribution in [3.05, 3.63) is 59.8 Å². The van der Waals surface area contributed by atoms with Crippen LogP contribution in [0.5, 0.6) is 0 Å². The van der Waals surface area contributed by atoms with Crippen LogP contribution in [0.1, 0.15) is 11.5 Å². The predicted molar refractivity (Wildman–Crippen MR) is 95.1 cm³/mol. The number of hydrogen-bond donors (Lipinski definition) is 0. The van der Waals surface area contributed by atoms with Crippen LogP contribution < -0.4 is 0 Å². The average molecular weight is 357 g/mol. The van der Waals surface area contributed by atoms with E-state index in [4.69, 9.17) is 9.15 Å². The summed E-state index contributed by atoms with van der Waals surface area (Å²) in [5.41, 5.74) is 1.72. The molecule has 0 spiro atoms. The minimum absolute atomic E-state index is 0.00325. The summed E-state index contributed by atoms with van der Waals surface area (Å²) < 4.78 is 10.5. The Labute approximate surface area is 150 Å². The van der Waals surface area contributed by atoms with Gasteiger partial charge in [0.2, 0.25) is 5.91 Å². The summed E-state index contributed by atoms with van der Waals surface area (Å²) in [6.45, 7) is 1.41. The number of rotatable bonds is 8. The Bertz CT molecular complexity index is 787. The first-order chi connectivity index (χ1) is 12.3. The van der Waals surface area contributed by atoms with E-state index in [-0.39, 0.29) is 12.3 Å². The number of methoxy groups -OCH3 is 1. The van der Waals surface area contributed by atoms with Crippen LogP contribution in [0.4, 0.5) is 0 Å². The van der Waals surface area contributed by atoms with E-state index in [0.29, 0.717) is 19.7 Å². The molecule has 0 aliphatic heterocycles. The molecule has 0 saturated carbocycles. The number of pyridine rings is 1. The lowest BCUT2D eigenvalue weighted by Crippen LogP contribution is -2.34. The molecule has 0 aromatic carbocycles. The van der Waals surface area contributed by atoms with E-state index in [1.54, 1.807) is 30.7 Å². The Kier molecular flexibility index (Phi) is 5.92. The zero-order valence-corrected chi connectivity index (χ0v) is 14.7. The molecular formula is C18H19N3O3S. The standard InChI is InChI=1S/C18H19N3O3S/c1-23-9-7-21(12-16-5-3-8-24-16)17(22)10-15-13-25-18(20-15)14-4-2-6-19-11-14/h2-6,8,11,13H,7,9-10,12H2,1H3. The molecule has 0 saturated heterocycles. The van der Waals surface area contributed by atoms with Crippen molar-refractivity contribution in [1.82, 2.24) is 14.9 Å². The normalized spacial score (nSPS) is 10.8. The Morgan fingerprint density at radius 3 is 3.00 bits per heavy atom. The van der Waals surface area contributed by atoms with Crippen LogP contribution in [0.2, 0.25) is 0 Å². The number of hydrogen-bond acceptors (Lipinski definition) is 6. The van der Waals surface area contributed by atoms with Crippen molar-refractivity contribution in [2.24, 2.45) is 0 Å². The fraction of sp³-hybridized carbons (Fsp3) is 0.278. The largest absolute Gasteiger partial charge is 0.467 e. The van der Waals surface area contributed by atoms with Crippen molar-refractivity contribution in [2.45, 2.75) is 13.0 Å². The molecule has 0 N–H and O–H groups in total. The average Bonchev–Trinajstić information content (AvgIpc) is 3.31. The maximum absolute atomic E-state index is 12.7. The minimum atomic E-state index is -0.00325. The van der Waals surface area contributed by atoms with Crippen LogP contribution in [-0.4, -0.2) is 41.0 Å². The van der Waals surface area contributed by atoms with Gasteiger partial charge in [0.25, 0.3) is 0 Å². The number of nitrogens with zero attached hydrogens (tertiary/aromatic N) is 3. The SMILES string of the molecule is COCCN(Cc1ccco1)C(=O)Cc1csc(-c2cccnc2)n1. The van der Waals surface area contributed by atoms with Gasteiger partial charge in [-0.25, -0.2) is 4.98 Å². The molecule has 7 heteroatoms. The third kappa shape index (κ3) is 4.74. The molecule has 0 radical (unpaired) electrons. The Morgan fingerprint density at radius 1 is 1.36 bits per heavy atom. The Hall–Kier alpha value is -2.51. The fourth-order valence-electron chi connectivity index (χ4n) is 2.36. The quantitative estimate of drug-likeness (QED) is 0.620. The van der Waals surface area contributed by atoms with Gasteiger partial charge in [-0.05, 0) is 24.3 Å². The summed E-state index contributed by atoms with van der Waals surface area (Å²) in [4.78, 5) is 23.1. The van der Waals surface area contributed by atoms with Gasteiger partial charge in [-0.2, -0.15) is 0 Å².